The molecule has 9 heteroatoms. The number of hydrogen-bond acceptors (Lipinski definition) is 5. The quantitative estimate of drug-likeness (QED) is 0.635. The highest BCUT2D eigenvalue weighted by atomic mass is 32.2. The average Bonchev–Trinajstić information content (AvgIpc) is 2.36. The number of anilines is 1. The first-order chi connectivity index (χ1) is 9.61. The Bertz CT molecular complexity index is 660. The van der Waals surface area contributed by atoms with Gasteiger partial charge in [-0.1, -0.05) is 6.07 Å². The van der Waals surface area contributed by atoms with Crippen LogP contribution in [0.15, 0.2) is 18.2 Å². The number of halogens is 1. The van der Waals surface area contributed by atoms with Gasteiger partial charge in [0.25, 0.3) is 5.91 Å². The first-order valence-corrected chi connectivity index (χ1v) is 7.93. The van der Waals surface area contributed by atoms with E-state index in [9.17, 15) is 22.4 Å². The standard InChI is InChI=1S/C12H15FN2O5S/c1-21(19,20)6-5-9(12(17)18)15-11(16)7-3-2-4-8(13)10(7)14/h2-4,9H,5-6,14H2,1H3,(H,15,16)(H,17,18). The van der Waals surface area contributed by atoms with Gasteiger partial charge >= 0.3 is 5.97 Å². The Morgan fingerprint density at radius 1 is 1.43 bits per heavy atom. The number of aliphatic carboxylic acids is 1. The summed E-state index contributed by atoms with van der Waals surface area (Å²) in [6.45, 7) is 0. The van der Waals surface area contributed by atoms with E-state index in [0.29, 0.717) is 0 Å². The zero-order chi connectivity index (χ0) is 16.2. The summed E-state index contributed by atoms with van der Waals surface area (Å²) in [6.07, 6.45) is 0.660. The molecule has 0 aromatic heterocycles. The molecule has 1 aromatic carbocycles. The van der Waals surface area contributed by atoms with Gasteiger partial charge in [0.1, 0.15) is 21.7 Å². The molecule has 0 saturated heterocycles. The number of carboxylic acids is 1. The number of sulfone groups is 1. The SMILES string of the molecule is CS(=O)(=O)CCC(NC(=O)c1cccc(F)c1N)C(=O)O. The van der Waals surface area contributed by atoms with Crippen LogP contribution in [0.25, 0.3) is 0 Å². The lowest BCUT2D eigenvalue weighted by atomic mass is 10.1. The molecule has 1 amide bonds. The summed E-state index contributed by atoms with van der Waals surface area (Å²) in [6, 6.07) is 2.15. The van der Waals surface area contributed by atoms with Crippen molar-refractivity contribution >= 4 is 27.4 Å². The van der Waals surface area contributed by atoms with Crippen LogP contribution in [0.2, 0.25) is 0 Å². The molecule has 4 N–H and O–H groups in total. The molecule has 0 bridgehead atoms. The molecule has 0 spiro atoms. The Kier molecular flexibility index (Phi) is 5.25. The van der Waals surface area contributed by atoms with E-state index in [-0.39, 0.29) is 12.0 Å². The lowest BCUT2D eigenvalue weighted by Crippen LogP contribution is -2.42. The van der Waals surface area contributed by atoms with Crippen LogP contribution in [0.1, 0.15) is 16.8 Å². The van der Waals surface area contributed by atoms with Crippen molar-refractivity contribution in [1.82, 2.24) is 5.32 Å². The summed E-state index contributed by atoms with van der Waals surface area (Å²) >= 11 is 0. The number of benzene rings is 1. The molecule has 0 fully saturated rings. The Morgan fingerprint density at radius 2 is 2.05 bits per heavy atom. The van der Waals surface area contributed by atoms with Crippen LogP contribution >= 0.6 is 0 Å². The van der Waals surface area contributed by atoms with Gasteiger partial charge in [0.2, 0.25) is 0 Å². The van der Waals surface area contributed by atoms with Crippen molar-refractivity contribution < 1.29 is 27.5 Å². The number of nitrogens with two attached hydrogens (primary N) is 1. The second kappa shape index (κ2) is 6.53. The maximum Gasteiger partial charge on any atom is 0.326 e. The zero-order valence-electron chi connectivity index (χ0n) is 11.2. The second-order valence-corrected chi connectivity index (χ2v) is 6.74. The van der Waals surface area contributed by atoms with Gasteiger partial charge in [-0.2, -0.15) is 0 Å². The highest BCUT2D eigenvalue weighted by molar-refractivity contribution is 7.90. The normalized spacial score (nSPS) is 12.7. The van der Waals surface area contributed by atoms with E-state index in [0.717, 1.165) is 12.3 Å². The van der Waals surface area contributed by atoms with Crippen molar-refractivity contribution in [2.24, 2.45) is 0 Å². The van der Waals surface area contributed by atoms with Crippen molar-refractivity contribution in [1.29, 1.82) is 0 Å². The molecule has 1 atom stereocenters. The Labute approximate surface area is 120 Å². The number of nitrogens with one attached hydrogen (secondary N) is 1. The predicted molar refractivity (Wildman–Crippen MR) is 74.0 cm³/mol. The second-order valence-electron chi connectivity index (χ2n) is 4.48. The third-order valence-electron chi connectivity index (χ3n) is 2.68. The van der Waals surface area contributed by atoms with Gasteiger partial charge in [0.05, 0.1) is 17.0 Å². The minimum atomic E-state index is -3.37. The van der Waals surface area contributed by atoms with Crippen LogP contribution < -0.4 is 11.1 Å². The lowest BCUT2D eigenvalue weighted by molar-refractivity contribution is -0.139. The number of carbonyl (C=O) groups excluding carboxylic acids is 1. The molecule has 1 aromatic rings. The minimum absolute atomic E-state index is 0.208. The fourth-order valence-electron chi connectivity index (χ4n) is 1.56. The first kappa shape index (κ1) is 16.9. The molecule has 0 aliphatic carbocycles. The van der Waals surface area contributed by atoms with Crippen molar-refractivity contribution in [3.05, 3.63) is 29.6 Å². The van der Waals surface area contributed by atoms with Crippen LogP contribution in [0, 0.1) is 5.82 Å². The van der Waals surface area contributed by atoms with E-state index in [1.165, 1.54) is 12.1 Å². The van der Waals surface area contributed by atoms with Crippen LogP contribution in [0.4, 0.5) is 10.1 Å². The van der Waals surface area contributed by atoms with Gasteiger partial charge in [-0.25, -0.2) is 17.6 Å². The van der Waals surface area contributed by atoms with Gasteiger partial charge in [0.15, 0.2) is 0 Å². The summed E-state index contributed by atoms with van der Waals surface area (Å²) in [5, 5.41) is 11.1. The third-order valence-corrected chi connectivity index (χ3v) is 3.66. The predicted octanol–water partition coefficient (Wildman–Crippen LogP) is 0.0256. The highest BCUT2D eigenvalue weighted by Crippen LogP contribution is 2.15. The maximum atomic E-state index is 13.2. The van der Waals surface area contributed by atoms with Crippen LogP contribution in [-0.4, -0.2) is 43.5 Å². The van der Waals surface area contributed by atoms with Crippen molar-refractivity contribution in [2.45, 2.75) is 12.5 Å². The number of para-hydroxylation sites is 1. The molecule has 0 saturated carbocycles. The van der Waals surface area contributed by atoms with Crippen LogP contribution in [0.5, 0.6) is 0 Å². The maximum absolute atomic E-state index is 13.2. The van der Waals surface area contributed by atoms with Crippen LogP contribution in [0.3, 0.4) is 0 Å². The summed E-state index contributed by atoms with van der Waals surface area (Å²) in [4.78, 5) is 22.9. The number of carboxylic acid groups (broad SMARTS) is 1. The number of carbonyl (C=O) groups is 2. The van der Waals surface area contributed by atoms with Crippen LogP contribution in [-0.2, 0) is 14.6 Å². The van der Waals surface area contributed by atoms with Crippen molar-refractivity contribution in [2.75, 3.05) is 17.7 Å². The number of hydrogen-bond donors (Lipinski definition) is 3. The number of rotatable bonds is 6. The molecule has 0 radical (unpaired) electrons. The fourth-order valence-corrected chi connectivity index (χ4v) is 2.22. The summed E-state index contributed by atoms with van der Waals surface area (Å²) in [5.41, 5.74) is 4.79. The summed E-state index contributed by atoms with van der Waals surface area (Å²) in [5.74, 6) is -3.47. The van der Waals surface area contributed by atoms with Crippen molar-refractivity contribution in [3.8, 4) is 0 Å². The molecule has 1 unspecified atom stereocenters. The number of amides is 1. The molecule has 7 nitrogen and oxygen atoms in total. The van der Waals surface area contributed by atoms with Gasteiger partial charge in [0, 0.05) is 6.26 Å². The van der Waals surface area contributed by atoms with E-state index in [4.69, 9.17) is 10.8 Å². The Balaban J connectivity index is 2.86. The number of nitrogen functional groups attached to an aromatic ring is 1. The summed E-state index contributed by atoms with van der Waals surface area (Å²) in [7, 11) is -3.37. The topological polar surface area (TPSA) is 127 Å². The first-order valence-electron chi connectivity index (χ1n) is 5.87. The molecule has 0 aliphatic heterocycles. The molecule has 1 rings (SSSR count). The van der Waals surface area contributed by atoms with E-state index in [1.54, 1.807) is 0 Å². The van der Waals surface area contributed by atoms with Gasteiger partial charge in [-0.3, -0.25) is 4.79 Å². The molecule has 116 valence electrons. The van der Waals surface area contributed by atoms with Gasteiger partial charge in [-0.15, -0.1) is 0 Å². The minimum Gasteiger partial charge on any atom is -0.480 e. The molecule has 0 aliphatic rings. The van der Waals surface area contributed by atoms with E-state index in [2.05, 4.69) is 5.32 Å². The van der Waals surface area contributed by atoms with Gasteiger partial charge in [-0.05, 0) is 18.6 Å². The third kappa shape index (κ3) is 5.03. The smallest absolute Gasteiger partial charge is 0.326 e. The largest absolute Gasteiger partial charge is 0.480 e. The Hall–Kier alpha value is -2.16. The molecular formula is C12H15FN2O5S. The van der Waals surface area contributed by atoms with Crippen molar-refractivity contribution in [3.63, 3.8) is 0 Å². The van der Waals surface area contributed by atoms with E-state index < -0.39 is 45.0 Å². The summed E-state index contributed by atoms with van der Waals surface area (Å²) < 4.78 is 35.3. The molecule has 21 heavy (non-hydrogen) atoms. The molecular weight excluding hydrogens is 303 g/mol. The highest BCUT2D eigenvalue weighted by Gasteiger charge is 2.23. The average molecular weight is 318 g/mol. The lowest BCUT2D eigenvalue weighted by Gasteiger charge is -2.15. The monoisotopic (exact) mass is 318 g/mol. The fraction of sp³-hybridized carbons (Fsp3) is 0.333. The zero-order valence-corrected chi connectivity index (χ0v) is 12.0. The molecule has 0 heterocycles. The Morgan fingerprint density at radius 3 is 2.57 bits per heavy atom. The van der Waals surface area contributed by atoms with Gasteiger partial charge < -0.3 is 16.2 Å². The van der Waals surface area contributed by atoms with E-state index in [1.807, 2.05) is 0 Å². The van der Waals surface area contributed by atoms with E-state index >= 15 is 0 Å².